The molecular weight excluding hydrogens is 370 g/mol. The van der Waals surface area contributed by atoms with Gasteiger partial charge in [-0.25, -0.2) is 4.98 Å². The highest BCUT2D eigenvalue weighted by Crippen LogP contribution is 2.22. The summed E-state index contributed by atoms with van der Waals surface area (Å²) >= 11 is 0. The Morgan fingerprint density at radius 1 is 1.21 bits per heavy atom. The molecule has 3 aromatic rings. The second-order valence-corrected chi connectivity index (χ2v) is 6.39. The van der Waals surface area contributed by atoms with Crippen molar-refractivity contribution in [2.75, 3.05) is 13.7 Å². The number of aliphatic hydroxyl groups is 1. The van der Waals surface area contributed by atoms with E-state index in [9.17, 15) is 15.2 Å². The minimum absolute atomic E-state index is 0.0266. The van der Waals surface area contributed by atoms with Crippen molar-refractivity contribution >= 4 is 22.6 Å². The maximum atomic E-state index is 12.1. The van der Waals surface area contributed by atoms with Gasteiger partial charge in [0.2, 0.25) is 0 Å². The van der Waals surface area contributed by atoms with E-state index in [-0.39, 0.29) is 17.8 Å². The van der Waals surface area contributed by atoms with Gasteiger partial charge in [0.1, 0.15) is 24.0 Å². The van der Waals surface area contributed by atoms with Crippen LogP contribution in [-0.4, -0.2) is 34.3 Å². The van der Waals surface area contributed by atoms with Gasteiger partial charge in [-0.2, -0.15) is 5.26 Å². The molecule has 3 rings (SSSR count). The van der Waals surface area contributed by atoms with Gasteiger partial charge in [-0.1, -0.05) is 30.3 Å². The maximum Gasteiger partial charge on any atom is 0.306 e. The first-order valence-electron chi connectivity index (χ1n) is 9.06. The Labute approximate surface area is 168 Å². The zero-order chi connectivity index (χ0) is 20.8. The van der Waals surface area contributed by atoms with Crippen LogP contribution in [0.15, 0.2) is 54.3 Å². The number of nitriles is 1. The van der Waals surface area contributed by atoms with Crippen LogP contribution in [0, 0.1) is 11.3 Å². The molecule has 0 atom stereocenters. The van der Waals surface area contributed by atoms with Gasteiger partial charge in [-0.05, 0) is 30.2 Å². The molecule has 1 aromatic heterocycles. The molecule has 7 nitrogen and oxygen atoms in total. The summed E-state index contributed by atoms with van der Waals surface area (Å²) in [5.41, 5.74) is 2.40. The SMILES string of the molecule is COc1ccccc1CCC(=O)OC/C(O)=C(\C#N)c1nc2ccccc2n1C. The van der Waals surface area contributed by atoms with Crippen molar-refractivity contribution in [1.82, 2.24) is 9.55 Å². The average Bonchev–Trinajstić information content (AvgIpc) is 3.08. The Bertz CT molecular complexity index is 1110. The summed E-state index contributed by atoms with van der Waals surface area (Å²) in [6.45, 7) is -0.392. The standard InChI is InChI=1S/C22H21N3O4/c1-25-18-9-5-4-8-17(18)24-22(25)16(13-23)19(26)14-29-21(27)12-11-15-7-3-6-10-20(15)28-2/h3-10,26H,11-12,14H2,1-2H3/b19-16-. The van der Waals surface area contributed by atoms with E-state index in [1.807, 2.05) is 54.6 Å². The predicted octanol–water partition coefficient (Wildman–Crippen LogP) is 3.55. The highest BCUT2D eigenvalue weighted by atomic mass is 16.5. The molecule has 0 unspecified atom stereocenters. The predicted molar refractivity (Wildman–Crippen MR) is 108 cm³/mol. The van der Waals surface area contributed by atoms with E-state index in [2.05, 4.69) is 4.98 Å². The van der Waals surface area contributed by atoms with E-state index < -0.39 is 12.6 Å². The molecule has 2 aromatic carbocycles. The minimum atomic E-state index is -0.482. The number of fused-ring (bicyclic) bond motifs is 1. The van der Waals surface area contributed by atoms with Crippen molar-refractivity contribution in [3.05, 3.63) is 65.7 Å². The van der Waals surface area contributed by atoms with E-state index in [1.54, 1.807) is 18.7 Å². The average molecular weight is 391 g/mol. The van der Waals surface area contributed by atoms with Crippen LogP contribution < -0.4 is 4.74 Å². The van der Waals surface area contributed by atoms with Crippen LogP contribution >= 0.6 is 0 Å². The fourth-order valence-electron chi connectivity index (χ4n) is 3.05. The van der Waals surface area contributed by atoms with Crippen LogP contribution in [-0.2, 0) is 23.0 Å². The van der Waals surface area contributed by atoms with Crippen LogP contribution in [0.25, 0.3) is 16.6 Å². The van der Waals surface area contributed by atoms with Crippen molar-refractivity contribution in [1.29, 1.82) is 5.26 Å². The molecule has 0 fully saturated rings. The number of imidazole rings is 1. The highest BCUT2D eigenvalue weighted by Gasteiger charge is 2.17. The fraction of sp³-hybridized carbons (Fsp3) is 0.227. The lowest BCUT2D eigenvalue weighted by atomic mass is 10.1. The number of hydrogen-bond donors (Lipinski definition) is 1. The van der Waals surface area contributed by atoms with Crippen LogP contribution in [0.5, 0.6) is 5.75 Å². The van der Waals surface area contributed by atoms with E-state index in [0.29, 0.717) is 23.5 Å². The largest absolute Gasteiger partial charge is 0.507 e. The lowest BCUT2D eigenvalue weighted by Gasteiger charge is -2.09. The molecule has 29 heavy (non-hydrogen) atoms. The van der Waals surface area contributed by atoms with Gasteiger partial charge in [0.25, 0.3) is 0 Å². The molecule has 7 heteroatoms. The Balaban J connectivity index is 1.68. The van der Waals surface area contributed by atoms with Gasteiger partial charge in [-0.15, -0.1) is 0 Å². The smallest absolute Gasteiger partial charge is 0.306 e. The zero-order valence-corrected chi connectivity index (χ0v) is 16.3. The van der Waals surface area contributed by atoms with Gasteiger partial charge in [-0.3, -0.25) is 4.79 Å². The normalized spacial score (nSPS) is 11.6. The third kappa shape index (κ3) is 4.38. The first kappa shape index (κ1) is 20.0. The lowest BCUT2D eigenvalue weighted by molar-refractivity contribution is -0.143. The number of carbonyl (C=O) groups is 1. The first-order valence-corrected chi connectivity index (χ1v) is 9.06. The quantitative estimate of drug-likeness (QED) is 0.376. The molecule has 0 radical (unpaired) electrons. The molecule has 0 amide bonds. The summed E-state index contributed by atoms with van der Waals surface area (Å²) in [5, 5.41) is 19.8. The molecule has 0 saturated carbocycles. The second kappa shape index (κ2) is 8.93. The summed E-state index contributed by atoms with van der Waals surface area (Å²) in [5.74, 6) is 0.203. The van der Waals surface area contributed by atoms with Crippen molar-refractivity contribution < 1.29 is 19.4 Å². The zero-order valence-electron chi connectivity index (χ0n) is 16.3. The van der Waals surface area contributed by atoms with Crippen molar-refractivity contribution in [3.63, 3.8) is 0 Å². The Morgan fingerprint density at radius 3 is 2.66 bits per heavy atom. The molecule has 0 bridgehead atoms. The molecule has 0 aliphatic carbocycles. The summed E-state index contributed by atoms with van der Waals surface area (Å²) < 4.78 is 12.1. The van der Waals surface area contributed by atoms with Crippen molar-refractivity contribution in [2.45, 2.75) is 12.8 Å². The minimum Gasteiger partial charge on any atom is -0.507 e. The number of methoxy groups -OCH3 is 1. The number of nitrogens with zero attached hydrogens (tertiary/aromatic N) is 3. The van der Waals surface area contributed by atoms with E-state index >= 15 is 0 Å². The number of aliphatic hydroxyl groups excluding tert-OH is 1. The number of allylic oxidation sites excluding steroid dienone is 1. The highest BCUT2D eigenvalue weighted by molar-refractivity contribution is 5.84. The van der Waals surface area contributed by atoms with Crippen LogP contribution in [0.4, 0.5) is 0 Å². The number of aromatic nitrogens is 2. The van der Waals surface area contributed by atoms with Gasteiger partial charge in [0.15, 0.2) is 11.6 Å². The topological polar surface area (TPSA) is 97.4 Å². The summed E-state index contributed by atoms with van der Waals surface area (Å²) in [4.78, 5) is 16.5. The lowest BCUT2D eigenvalue weighted by Crippen LogP contribution is -2.10. The van der Waals surface area contributed by atoms with Gasteiger partial charge in [0.05, 0.1) is 18.1 Å². The molecule has 1 N–H and O–H groups in total. The van der Waals surface area contributed by atoms with Crippen LogP contribution in [0.1, 0.15) is 17.8 Å². The molecule has 0 aliphatic rings. The van der Waals surface area contributed by atoms with Crippen molar-refractivity contribution in [3.8, 4) is 11.8 Å². The molecule has 0 aliphatic heterocycles. The number of hydrogen-bond acceptors (Lipinski definition) is 6. The van der Waals surface area contributed by atoms with Gasteiger partial charge >= 0.3 is 5.97 Å². The second-order valence-electron chi connectivity index (χ2n) is 6.39. The van der Waals surface area contributed by atoms with Crippen LogP contribution in [0.3, 0.4) is 0 Å². The Morgan fingerprint density at radius 2 is 1.93 bits per heavy atom. The number of ether oxygens (including phenoxy) is 2. The van der Waals surface area contributed by atoms with Gasteiger partial charge in [0, 0.05) is 13.5 Å². The number of aryl methyl sites for hydroxylation is 2. The molecule has 0 saturated heterocycles. The number of carbonyl (C=O) groups excluding carboxylic acids is 1. The summed E-state index contributed by atoms with van der Waals surface area (Å²) in [6, 6.07) is 16.8. The van der Waals surface area contributed by atoms with E-state index in [1.165, 1.54) is 0 Å². The summed E-state index contributed by atoms with van der Waals surface area (Å²) in [7, 11) is 3.33. The maximum absolute atomic E-state index is 12.1. The van der Waals surface area contributed by atoms with Gasteiger partial charge < -0.3 is 19.1 Å². The van der Waals surface area contributed by atoms with E-state index in [4.69, 9.17) is 9.47 Å². The van der Waals surface area contributed by atoms with E-state index in [0.717, 1.165) is 11.1 Å². The number of esters is 1. The monoisotopic (exact) mass is 391 g/mol. The number of rotatable bonds is 7. The molecule has 0 spiro atoms. The number of para-hydroxylation sites is 3. The molecular formula is C22H21N3O4. The molecule has 1 heterocycles. The fourth-order valence-corrected chi connectivity index (χ4v) is 3.05. The third-order valence-corrected chi connectivity index (χ3v) is 4.57. The van der Waals surface area contributed by atoms with Crippen LogP contribution in [0.2, 0.25) is 0 Å². The molecule has 148 valence electrons. The summed E-state index contributed by atoms with van der Waals surface area (Å²) in [6.07, 6.45) is 0.574. The number of benzene rings is 2. The Kier molecular flexibility index (Phi) is 6.15. The first-order chi connectivity index (χ1) is 14.0. The Hall–Kier alpha value is -3.79. The third-order valence-electron chi connectivity index (χ3n) is 4.57. The van der Waals surface area contributed by atoms with Crippen molar-refractivity contribution in [2.24, 2.45) is 7.05 Å².